The van der Waals surface area contributed by atoms with Crippen LogP contribution in [0.5, 0.6) is 0 Å². The van der Waals surface area contributed by atoms with Gasteiger partial charge in [-0.15, -0.1) is 0 Å². The Balaban J connectivity index is 0.000000222. The summed E-state index contributed by atoms with van der Waals surface area (Å²) in [7, 11) is 0. The second-order valence-corrected chi connectivity index (χ2v) is 48.5. The number of aliphatic hydroxyl groups excluding tert-OH is 21. The van der Waals surface area contributed by atoms with Gasteiger partial charge in [0, 0.05) is 10.8 Å². The highest BCUT2D eigenvalue weighted by atomic mass is 16.8. The maximum absolute atomic E-state index is 15.2. The monoisotopic (exact) mass is 1970 g/mol. The van der Waals surface area contributed by atoms with Crippen molar-refractivity contribution in [3.05, 3.63) is 23.3 Å². The Kier molecular flexibility index (Phi) is 30.6. The summed E-state index contributed by atoms with van der Waals surface area (Å²) in [4.78, 5) is 28.3. The van der Waals surface area contributed by atoms with Gasteiger partial charge in [0.15, 0.2) is 37.7 Å². The van der Waals surface area contributed by atoms with E-state index in [0.29, 0.717) is 70.1 Å². The lowest BCUT2D eigenvalue weighted by Crippen LogP contribution is -2.67. The van der Waals surface area contributed by atoms with Crippen molar-refractivity contribution in [1.29, 1.82) is 0 Å². The summed E-state index contributed by atoms with van der Waals surface area (Å²) >= 11 is 0. The summed E-state index contributed by atoms with van der Waals surface area (Å²) in [6.07, 6.45) is -31.4. The zero-order chi connectivity index (χ0) is 101. The van der Waals surface area contributed by atoms with E-state index >= 15 is 4.79 Å². The Morgan fingerprint density at radius 1 is 0.362 bits per heavy atom. The maximum atomic E-state index is 15.2. The Morgan fingerprint density at radius 3 is 1.14 bits per heavy atom. The average molecular weight is 1970 g/mol. The zero-order valence-corrected chi connectivity index (χ0v) is 82.6. The molecule has 38 heteroatoms. The van der Waals surface area contributed by atoms with E-state index in [-0.39, 0.29) is 93.9 Å². The number of fused-ring (bicyclic) bond motifs is 14. The van der Waals surface area contributed by atoms with Crippen LogP contribution in [0.2, 0.25) is 0 Å². The Morgan fingerprint density at radius 2 is 0.732 bits per heavy atom. The number of ether oxygens (including phenoxy) is 14. The lowest BCUT2D eigenvalue weighted by Gasteiger charge is -2.71. The first kappa shape index (κ1) is 108. The third-order valence-corrected chi connectivity index (χ3v) is 40.2. The van der Waals surface area contributed by atoms with Gasteiger partial charge in [-0.2, -0.15) is 0 Å². The molecule has 138 heavy (non-hydrogen) atoms. The summed E-state index contributed by atoms with van der Waals surface area (Å²) in [6.45, 7) is 29.5. The van der Waals surface area contributed by atoms with Crippen LogP contribution in [0.3, 0.4) is 0 Å². The van der Waals surface area contributed by atoms with Crippen LogP contribution in [0, 0.1) is 100 Å². The van der Waals surface area contributed by atoms with E-state index in [1.54, 1.807) is 0 Å². The van der Waals surface area contributed by atoms with Gasteiger partial charge in [-0.3, -0.25) is 9.59 Å². The van der Waals surface area contributed by atoms with Crippen molar-refractivity contribution >= 4 is 11.9 Å². The normalized spacial score (nSPS) is 55.2. The van der Waals surface area contributed by atoms with Crippen LogP contribution in [-0.4, -0.2) is 379 Å². The van der Waals surface area contributed by atoms with Crippen molar-refractivity contribution in [1.82, 2.24) is 0 Å². The van der Waals surface area contributed by atoms with Gasteiger partial charge in [0.2, 0.25) is 6.29 Å². The molecule has 8 saturated carbocycles. The first-order chi connectivity index (χ1) is 64.5. The highest BCUT2D eigenvalue weighted by Crippen LogP contribution is 2.79. The number of aliphatic hydroxyl groups is 21. The van der Waals surface area contributed by atoms with Crippen molar-refractivity contribution in [2.24, 2.45) is 100 Å². The topological polar surface area (TPSA) is 608 Å². The second kappa shape index (κ2) is 39.2. The zero-order valence-electron chi connectivity index (χ0n) is 82.6. The van der Waals surface area contributed by atoms with E-state index in [0.717, 1.165) is 64.2 Å². The van der Waals surface area contributed by atoms with E-state index in [2.05, 4.69) is 88.3 Å². The smallest absolute Gasteiger partial charge is 0.315 e. The van der Waals surface area contributed by atoms with Crippen LogP contribution in [0.4, 0.5) is 0 Å². The quantitative estimate of drug-likeness (QED) is 0.0487. The number of hydrogen-bond acceptors (Lipinski definition) is 37. The summed E-state index contributed by atoms with van der Waals surface area (Å²) in [5, 5.41) is 237. The van der Waals surface area contributed by atoms with Crippen molar-refractivity contribution in [2.75, 3.05) is 39.6 Å². The third kappa shape index (κ3) is 17.7. The first-order valence-corrected chi connectivity index (χ1v) is 50.8. The highest BCUT2D eigenvalue weighted by molar-refractivity contribution is 5.79. The maximum Gasteiger partial charge on any atom is 0.315 e. The van der Waals surface area contributed by atoms with Crippen LogP contribution in [-0.2, 0) is 75.9 Å². The van der Waals surface area contributed by atoms with E-state index < -0.39 is 267 Å². The molecule has 0 amide bonds. The molecule has 790 valence electrons. The predicted octanol–water partition coefficient (Wildman–Crippen LogP) is 0.977. The molecule has 15 fully saturated rings. The van der Waals surface area contributed by atoms with Crippen LogP contribution in [0.25, 0.3) is 0 Å². The number of allylic oxidation sites excluding steroid dienone is 4. The molecule has 17 rings (SSSR count). The van der Waals surface area contributed by atoms with Gasteiger partial charge in [-0.05, 0) is 228 Å². The second-order valence-electron chi connectivity index (χ2n) is 48.5. The molecular weight excluding hydrogens is 1810 g/mol. The molecule has 0 aromatic heterocycles. The number of carboxylic acid groups (broad SMARTS) is 1. The first-order valence-electron chi connectivity index (χ1n) is 50.8. The van der Waals surface area contributed by atoms with Gasteiger partial charge in [0.1, 0.15) is 140 Å². The SMILES string of the molecule is C[C@@H]1O[C@@H](O[C@H]2[C@H](O[C@H]3CC[C@@]4(C)[C@@H](CC[C@]5(C)[C@@H]4CC=C4[C@@H]6CC(C)(C)CC[C@]6(C(=O)O)CC[C@]45C)[C@]3(C)CO)OC[C@H](O)[C@@H]2O)[C@H](O)[C@H](O)[C@H]1O.C[C@@H]1O[C@@H](O[C@H]2[C@H](O[C@H]3CC[C@@]4(C)[C@@H](CC[C@]5(C)[C@@H]4CC=C4[C@@H]6CC(C)(C)CC[C@]6(C(=O)O[C@@H]6O[C@H](CO[C@@H]7O[C@H](CO)[C@@H](O[C@@H]8O[C@@H](C)[C@H](O)[C@@H](O)[C@H]8O)[C@H](O)[C@H]7O)[C@@H](O)[C@H](O)[C@H]6O)CC[C@]45C)[C@]3(C)CO)OC[C@H](O)[C@@H]2O)[C@H](O)[C@H](O)[C@H]1O. The molecule has 7 saturated heterocycles. The van der Waals surface area contributed by atoms with Gasteiger partial charge in [0.05, 0.1) is 81.0 Å². The van der Waals surface area contributed by atoms with Crippen LogP contribution < -0.4 is 0 Å². The molecule has 0 aromatic rings. The number of carbonyl (C=O) groups is 2. The number of esters is 1. The Bertz CT molecular complexity index is 4320. The molecule has 0 radical (unpaired) electrons. The fourth-order valence-electron chi connectivity index (χ4n) is 30.8. The lowest BCUT2D eigenvalue weighted by molar-refractivity contribution is -0.365. The minimum atomic E-state index is -1.90. The number of carbonyl (C=O) groups excluding carboxylic acids is 1. The molecule has 0 aromatic carbocycles. The summed E-state index contributed by atoms with van der Waals surface area (Å²) in [5.74, 6) is -1.05. The standard InChI is InChI=1S/C59H96O26.C41H66O12/c1-24-34(63)38(67)42(71)49(78-24)83-46-29(20-60)80-48(45(74)41(46)70)77-22-30-37(66)40(69)44(73)51(81-30)85-53(75)59-17-15-54(3,4)19-27(59)26-9-10-32-55(5)13-12-33(56(6,23-61)31(55)11-14-58(32,8)57(26,7)16-18-59)82-52-47(36(65)28(62)21-76-52)84-50-43(72)39(68)35(64)25(2)79-50;1-21-28(44)30(46)31(47)33(51-21)53-32-29(45)24(43)19-50-34(32)52-27-11-12-37(4)25(38(27,5)20-42)10-13-40(7)26(37)9-8-22-23-18-36(2,3)14-16-41(23,35(48)49)17-15-39(22,40)6/h9,24-25,27-52,60-74H,10-23H2,1-8H3;8,21,23-34,42-47H,9-20H2,1-7H3,(H,48,49)/t24-,25-,27-,28-,29+,30+,31+,32+,33-,34-,35-,36-,37+,38+,39+,40-,41+,42+,43+,44+,45+,46+,47+,48+,49-,50-,51-,52-,55-,56-,57+,58+,59-;21-,23-,24-,25+,26+,27-,28-,29-,30+,31+,32+,33-,34-,37-,38-,39+,40+,41-/m00/s1. The number of rotatable bonds is 19. The van der Waals surface area contributed by atoms with Crippen molar-refractivity contribution in [2.45, 2.75) is 447 Å². The molecule has 7 heterocycles. The Hall–Kier alpha value is -2.94. The predicted molar refractivity (Wildman–Crippen MR) is 480 cm³/mol. The molecule has 7 aliphatic heterocycles. The number of hydrogen-bond donors (Lipinski definition) is 22. The van der Waals surface area contributed by atoms with Crippen LogP contribution >= 0.6 is 0 Å². The average Bonchev–Trinajstić information content (AvgIpc) is 0.675. The highest BCUT2D eigenvalue weighted by Gasteiger charge is 2.74. The number of carboxylic acids is 1. The summed E-state index contributed by atoms with van der Waals surface area (Å²) in [5.41, 5.74) is -2.17. The summed E-state index contributed by atoms with van der Waals surface area (Å²) in [6, 6.07) is 0. The van der Waals surface area contributed by atoms with E-state index in [4.69, 9.17) is 66.3 Å². The Labute approximate surface area is 807 Å². The van der Waals surface area contributed by atoms with Gasteiger partial charge in [0.25, 0.3) is 0 Å². The van der Waals surface area contributed by atoms with E-state index in [9.17, 15) is 117 Å². The third-order valence-electron chi connectivity index (χ3n) is 40.2. The lowest BCUT2D eigenvalue weighted by atomic mass is 9.33. The van der Waals surface area contributed by atoms with Crippen LogP contribution in [0.1, 0.15) is 232 Å². The fraction of sp³-hybridized carbons (Fsp3) is 0.940. The van der Waals surface area contributed by atoms with E-state index in [1.165, 1.54) is 31.9 Å². The minimum Gasteiger partial charge on any atom is -0.481 e. The van der Waals surface area contributed by atoms with Crippen LogP contribution in [0.15, 0.2) is 23.3 Å². The molecule has 51 atom stereocenters. The summed E-state index contributed by atoms with van der Waals surface area (Å²) < 4.78 is 83.8. The minimum absolute atomic E-state index is 0.0360. The fourth-order valence-corrected chi connectivity index (χ4v) is 30.8. The molecular formula is C100H162O38. The molecule has 17 aliphatic rings. The van der Waals surface area contributed by atoms with E-state index in [1.807, 2.05) is 6.92 Å². The van der Waals surface area contributed by atoms with Gasteiger partial charge in [-0.1, -0.05) is 106 Å². The molecule has 0 spiro atoms. The largest absolute Gasteiger partial charge is 0.481 e. The van der Waals surface area contributed by atoms with Crippen molar-refractivity contribution < 1.29 is 188 Å². The van der Waals surface area contributed by atoms with Crippen molar-refractivity contribution in [3.63, 3.8) is 0 Å². The molecule has 0 bridgehead atoms. The molecule has 0 unspecified atom stereocenters. The molecule has 22 N–H and O–H groups in total. The number of aliphatic carboxylic acids is 1. The van der Waals surface area contributed by atoms with Gasteiger partial charge in [-0.25, -0.2) is 0 Å². The van der Waals surface area contributed by atoms with Crippen molar-refractivity contribution in [3.8, 4) is 0 Å². The molecule has 38 nitrogen and oxygen atoms in total. The van der Waals surface area contributed by atoms with Gasteiger partial charge < -0.3 is 179 Å². The van der Waals surface area contributed by atoms with Gasteiger partial charge >= 0.3 is 11.9 Å². The molecule has 10 aliphatic carbocycles.